The number of ether oxygens (including phenoxy) is 6. The number of oxime groups is 2. The molecule has 0 amide bonds. The molecule has 15 aliphatic rings. The minimum Gasteiger partial charge on any atom is -0.462 e. The van der Waals surface area contributed by atoms with Gasteiger partial charge in [0.05, 0.1) is 25.6 Å². The number of fused-ring (bicyclic) bond motifs is 6. The van der Waals surface area contributed by atoms with Crippen molar-refractivity contribution in [3.63, 3.8) is 0 Å². The molecule has 742 valence electrons. The molecule has 0 aliphatic heterocycles. The second-order valence-corrected chi connectivity index (χ2v) is 46.2. The number of aliphatic hydroxyl groups excluding tert-OH is 3. The summed E-state index contributed by atoms with van der Waals surface area (Å²) in [7, 11) is 6.16. The number of allylic oxidation sites excluding steroid dienone is 6. The third kappa shape index (κ3) is 16.4. The van der Waals surface area contributed by atoms with Crippen LogP contribution in [0, 0.1) is 183 Å². The van der Waals surface area contributed by atoms with Gasteiger partial charge in [0.1, 0.15) is 32.5 Å². The van der Waals surface area contributed by atoms with Crippen LogP contribution in [-0.2, 0) is 95.7 Å². The van der Waals surface area contributed by atoms with Crippen molar-refractivity contribution in [1.29, 1.82) is 0 Å². The molecule has 27 heteroatoms. The molecule has 0 bridgehead atoms. The van der Waals surface area contributed by atoms with Crippen LogP contribution in [0.3, 0.4) is 0 Å². The van der Waals surface area contributed by atoms with E-state index in [4.69, 9.17) is 47.8 Å². The van der Waals surface area contributed by atoms with E-state index < -0.39 is 96.0 Å². The third-order valence-electron chi connectivity index (χ3n) is 41.1. The van der Waals surface area contributed by atoms with E-state index in [1.807, 2.05) is 26.8 Å². The first-order chi connectivity index (χ1) is 62.4. The number of rotatable bonds is 32. The standard InChI is InChI=1S/C36H56N2O8.C35H53NO8.C35H51NO7/c1-20(18-39)25(17-37-43-8)31(42)32(46-24(5)41)22(3)30-28(45-23(4)40)16-34(7)29-11-10-26-21(2)27(38-44-9)12-13-35(26)19-36(29,35)15-14-33(30,34)6;1-19(17-37)24(16-36-42-8)30(41)31(44-23(5)39)21(3)29-27(43-22(4)38)15-33(7)28-10-9-25-20(2)26(40)11-12-34(25)18-35(28,34)14-13-32(29,33)6;1-19(17-37)20(2)30(40)31(43-24(6)39)22(4)29-27(42-23(5)38)16-33(8)28-11-10-25-21(3)26(36-41-9)12-13-34(25)18-35(28,34)15-14-32(29,33)7/h12-13,20-22,25-26,28-30,32,37,39H,10-11,14-19H2,1-9H3;11-12,19-21,24-25,27-29,31,36-37H,9-10,13-18H2,1-8H3;12-13,19,21-22,25,27-29,31,37H,2,10-11,14-18H2,1,3-9H3/b38-27+;;36-26+/t20-,21-,22-,25?,26-,28-,29-,30-,32+,33+,34-,35+,36-;19-,20-,21-,24?,25-,27-,28-,29-,31+,32+,33-,34+,35-;19-,21-,22-,25-,27-,28-,29-,31+,32+,33-,34+,35-/m000/s1. The second-order valence-electron chi connectivity index (χ2n) is 46.2. The summed E-state index contributed by atoms with van der Waals surface area (Å²) in [6.45, 7) is 44.0. The average Bonchev–Trinajstić information content (AvgIpc) is 1.47. The van der Waals surface area contributed by atoms with E-state index in [9.17, 15) is 63.3 Å². The van der Waals surface area contributed by atoms with Crippen LogP contribution in [-0.4, -0.2) is 184 Å². The largest absolute Gasteiger partial charge is 0.462 e. The van der Waals surface area contributed by atoms with Crippen LogP contribution < -0.4 is 11.0 Å². The molecule has 2 unspecified atom stereocenters. The zero-order valence-electron chi connectivity index (χ0n) is 84.3. The predicted molar refractivity (Wildman–Crippen MR) is 497 cm³/mol. The maximum atomic E-state index is 14.3. The van der Waals surface area contributed by atoms with Gasteiger partial charge in [0.25, 0.3) is 0 Å². The highest BCUT2D eigenvalue weighted by molar-refractivity contribution is 6.00. The van der Waals surface area contributed by atoms with Crippen LogP contribution in [0.4, 0.5) is 0 Å². The number of Topliss-reactive ketones (excluding diaryl/α,β-unsaturated/α-hetero) is 3. The number of ketones is 4. The van der Waals surface area contributed by atoms with Crippen molar-refractivity contribution in [2.75, 3.05) is 61.3 Å². The highest BCUT2D eigenvalue weighted by Crippen LogP contribution is 2.91. The molecule has 15 aliphatic carbocycles. The van der Waals surface area contributed by atoms with Gasteiger partial charge in [-0.3, -0.25) is 47.9 Å². The predicted octanol–water partition coefficient (Wildman–Crippen LogP) is 15.0. The highest BCUT2D eigenvalue weighted by atomic mass is 16.6. The molecule has 0 aromatic rings. The number of nitrogens with zero attached hydrogens (tertiary/aromatic N) is 2. The van der Waals surface area contributed by atoms with Crippen LogP contribution in [0.2, 0.25) is 0 Å². The Morgan fingerprint density at radius 2 is 0.737 bits per heavy atom. The zero-order valence-corrected chi connectivity index (χ0v) is 84.3. The van der Waals surface area contributed by atoms with Gasteiger partial charge in [-0.15, -0.1) is 0 Å². The van der Waals surface area contributed by atoms with E-state index in [0.29, 0.717) is 60.2 Å². The fourth-order valence-electron chi connectivity index (χ4n) is 34.5. The first-order valence-corrected chi connectivity index (χ1v) is 50.0. The minimum absolute atomic E-state index is 0.0453. The van der Waals surface area contributed by atoms with Crippen molar-refractivity contribution >= 4 is 70.4 Å². The molecule has 12 saturated carbocycles. The van der Waals surface area contributed by atoms with Gasteiger partial charge in [-0.05, 0) is 252 Å². The summed E-state index contributed by atoms with van der Waals surface area (Å²) in [5.41, 5.74) is 7.38. The maximum Gasteiger partial charge on any atom is 0.303 e. The van der Waals surface area contributed by atoms with E-state index in [1.165, 1.54) is 68.6 Å². The Morgan fingerprint density at radius 1 is 0.429 bits per heavy atom. The molecule has 5 N–H and O–H groups in total. The van der Waals surface area contributed by atoms with Crippen LogP contribution in [0.25, 0.3) is 0 Å². The smallest absolute Gasteiger partial charge is 0.303 e. The number of aliphatic hydroxyl groups is 3. The van der Waals surface area contributed by atoms with Crippen LogP contribution in [0.15, 0.2) is 58.9 Å². The fourth-order valence-corrected chi connectivity index (χ4v) is 34.5. The number of hydrogen-bond donors (Lipinski definition) is 5. The van der Waals surface area contributed by atoms with Crippen LogP contribution in [0.1, 0.15) is 261 Å². The summed E-state index contributed by atoms with van der Waals surface area (Å²) in [5.74, 6) is -4.35. The van der Waals surface area contributed by atoms with Crippen LogP contribution >= 0.6 is 0 Å². The summed E-state index contributed by atoms with van der Waals surface area (Å²) in [6.07, 6.45) is 26.9. The number of esters is 6. The molecule has 0 radical (unpaired) electrons. The quantitative estimate of drug-likeness (QED) is 0.0181. The summed E-state index contributed by atoms with van der Waals surface area (Å²) >= 11 is 0. The summed E-state index contributed by atoms with van der Waals surface area (Å²) < 4.78 is 35.9. The van der Waals surface area contributed by atoms with Gasteiger partial charge in [0.15, 0.2) is 41.4 Å². The molecule has 0 heterocycles. The Morgan fingerprint density at radius 3 is 1.03 bits per heavy atom. The Balaban J connectivity index is 0.000000169. The van der Waals surface area contributed by atoms with Gasteiger partial charge in [0, 0.05) is 145 Å². The SMILES string of the molecule is C=C(C(=O)[C@H](OC(C)=O)[C@@H](C)[C@H]1[C@@H](OC(C)=O)C[C@@]2(C)[C@@H]3CC[C@H]4[C@H](C)/C(=N/OC)C=C[C@@]45C[C@@]35CC[C@]12C)[C@@H](C)CO.CO/N=C1\C=C[C@]23C[C@]24CC[C@]2(C)[C@@H]([C@H](C)[C@@H](OC(C)=O)C(=O)C(CNOC)[C@@H](C)CO)[C@@H](OC(C)=O)C[C@@]2(C)[C@@H]4CC[C@H]3[C@@H]1C.CONCC(C(=O)[C@H](OC(C)=O)[C@@H](C)[C@H]1[C@@H](OC(C)=O)C[C@@]2(C)[C@@H]3CC[C@H]4[C@H](C)C(=O)C=C[C@@]45C[C@@]35CC[C@]12C)[C@@H](C)CO. The average molecular weight is 1860 g/mol. The zero-order chi connectivity index (χ0) is 97.9. The van der Waals surface area contributed by atoms with Gasteiger partial charge in [-0.1, -0.05) is 139 Å². The third-order valence-corrected chi connectivity index (χ3v) is 41.1. The molecule has 133 heavy (non-hydrogen) atoms. The van der Waals surface area contributed by atoms with Crippen molar-refractivity contribution in [2.24, 2.45) is 194 Å². The monoisotopic (exact) mass is 1860 g/mol. The number of carbonyl (C=O) groups excluding carboxylic acids is 10. The topological polar surface area (TPSA) is 372 Å². The molecular weight excluding hydrogens is 1700 g/mol. The van der Waals surface area contributed by atoms with Crippen molar-refractivity contribution in [2.45, 2.75) is 298 Å². The van der Waals surface area contributed by atoms with E-state index >= 15 is 0 Å². The lowest BCUT2D eigenvalue weighted by Crippen LogP contribution is -2.56. The first kappa shape index (κ1) is 103. The molecule has 0 aromatic heterocycles. The Kier molecular flexibility index (Phi) is 29.6. The Bertz CT molecular complexity index is 4640. The molecular formula is C106H160N4O23. The Hall–Kier alpha value is -6.88. The highest BCUT2D eigenvalue weighted by Gasteiger charge is 2.86. The molecule has 27 nitrogen and oxygen atoms in total. The van der Waals surface area contributed by atoms with E-state index in [1.54, 1.807) is 35.0 Å². The first-order valence-electron chi connectivity index (χ1n) is 50.0. The van der Waals surface area contributed by atoms with Crippen LogP contribution in [0.5, 0.6) is 0 Å². The number of carbonyl (C=O) groups is 10. The molecule has 12 fully saturated rings. The summed E-state index contributed by atoms with van der Waals surface area (Å²) in [6, 6.07) is 0. The van der Waals surface area contributed by atoms with Crippen molar-refractivity contribution < 1.29 is 111 Å². The molecule has 15 rings (SSSR count). The van der Waals surface area contributed by atoms with Gasteiger partial charge >= 0.3 is 35.8 Å². The van der Waals surface area contributed by atoms with Gasteiger partial charge in [0.2, 0.25) is 0 Å². The lowest BCUT2D eigenvalue weighted by atomic mass is 9.43. The normalized spacial score (nSPS) is 43.0. The van der Waals surface area contributed by atoms with E-state index in [0.717, 1.165) is 101 Å². The van der Waals surface area contributed by atoms with Crippen molar-refractivity contribution in [1.82, 2.24) is 11.0 Å². The van der Waals surface area contributed by atoms with Gasteiger partial charge in [-0.2, -0.15) is 0 Å². The fraction of sp³-hybridized carbons (Fsp3) is 0.811. The summed E-state index contributed by atoms with van der Waals surface area (Å²) in [5, 5.41) is 38.4. The van der Waals surface area contributed by atoms with Gasteiger partial charge < -0.3 is 63.1 Å². The Labute approximate surface area is 789 Å². The number of hydroxylamine groups is 2. The second kappa shape index (κ2) is 38.0. The molecule has 38 atom stereocenters. The summed E-state index contributed by atoms with van der Waals surface area (Å²) in [4.78, 5) is 150. The van der Waals surface area contributed by atoms with Gasteiger partial charge in [-0.25, -0.2) is 11.0 Å². The number of hydrogen-bond acceptors (Lipinski definition) is 27. The molecule has 0 aromatic carbocycles. The maximum absolute atomic E-state index is 14.3. The molecule has 6 spiro atoms. The van der Waals surface area contributed by atoms with E-state index in [-0.39, 0.29) is 174 Å². The van der Waals surface area contributed by atoms with Crippen molar-refractivity contribution in [3.05, 3.63) is 48.6 Å². The minimum atomic E-state index is -1.07. The molecule has 0 saturated heterocycles. The van der Waals surface area contributed by atoms with Crippen molar-refractivity contribution in [3.8, 4) is 0 Å². The lowest BCUT2D eigenvalue weighted by molar-refractivity contribution is -0.169. The lowest BCUT2D eigenvalue weighted by Gasteiger charge is -2.61. The van der Waals surface area contributed by atoms with E-state index in [2.05, 4.69) is 121 Å². The number of nitrogens with one attached hydrogen (secondary N) is 2.